The average Bonchev–Trinajstić information content (AvgIpc) is 3.80. The molecule has 0 N–H and O–H groups in total. The Kier molecular flexibility index (Phi) is 6.64. The molecule has 8 aromatic carbocycles. The van der Waals surface area contributed by atoms with Crippen molar-refractivity contribution in [3.8, 4) is 44.9 Å². The minimum absolute atomic E-state index is 0.00777. The monoisotopic (exact) mass is 772 g/mol. The van der Waals surface area contributed by atoms with Crippen molar-refractivity contribution >= 4 is 64.0 Å². The molecular formula is C56H40N2S. The number of thiophene rings is 1. The number of benzene rings is 8. The average molecular weight is 773 g/mol. The van der Waals surface area contributed by atoms with Gasteiger partial charge < -0.3 is 0 Å². The van der Waals surface area contributed by atoms with E-state index in [2.05, 4.69) is 158 Å². The van der Waals surface area contributed by atoms with Gasteiger partial charge in [-0.15, -0.1) is 11.3 Å². The molecule has 0 saturated heterocycles. The first-order valence-electron chi connectivity index (χ1n) is 21.6. The second-order valence-electron chi connectivity index (χ2n) is 18.1. The van der Waals surface area contributed by atoms with Crippen LogP contribution >= 0.6 is 11.3 Å². The van der Waals surface area contributed by atoms with Crippen LogP contribution in [0.1, 0.15) is 43.2 Å². The van der Waals surface area contributed by atoms with Crippen LogP contribution < -0.4 is 0 Å². The molecule has 0 atom stereocenters. The minimum atomic E-state index is 0.00777. The van der Waals surface area contributed by atoms with E-state index in [9.17, 15) is 0 Å². The lowest BCUT2D eigenvalue weighted by Crippen LogP contribution is -2.55. The van der Waals surface area contributed by atoms with E-state index < -0.39 is 0 Å². The summed E-state index contributed by atoms with van der Waals surface area (Å²) in [5.74, 6) is 3.87. The van der Waals surface area contributed by atoms with E-state index in [4.69, 9.17) is 9.97 Å². The van der Waals surface area contributed by atoms with E-state index >= 15 is 0 Å². The Morgan fingerprint density at radius 2 is 1.08 bits per heavy atom. The summed E-state index contributed by atoms with van der Waals surface area (Å²) in [5.41, 5.74) is 12.8. The van der Waals surface area contributed by atoms with E-state index in [0.29, 0.717) is 11.8 Å². The van der Waals surface area contributed by atoms with Crippen molar-refractivity contribution < 1.29 is 0 Å². The first-order chi connectivity index (χ1) is 29.2. The molecule has 280 valence electrons. The molecule has 0 aliphatic heterocycles. The largest absolute Gasteiger partial charge is 0.227 e. The Morgan fingerprint density at radius 3 is 1.93 bits per heavy atom. The van der Waals surface area contributed by atoms with Gasteiger partial charge in [0.05, 0.1) is 11.2 Å². The fraction of sp³-hybridized carbons (Fsp3) is 0.179. The molecule has 15 rings (SSSR count). The first-order valence-corrected chi connectivity index (χ1v) is 22.4. The van der Waals surface area contributed by atoms with Gasteiger partial charge in [-0.25, -0.2) is 9.97 Å². The van der Waals surface area contributed by atoms with E-state index in [1.165, 1.54) is 102 Å². The SMILES string of the molecule is c1cc(-c2nc(-c3cccc4ccccc34)c3ccc4ccccc4c3n2)c2c(c1)C1(c3cc(-c4ccc5c(c4)sc4ccccc45)ccc3-2)C2CC3CC(C2)CC1C3. The third kappa shape index (κ3) is 4.46. The van der Waals surface area contributed by atoms with Gasteiger partial charge >= 0.3 is 0 Å². The molecule has 10 aromatic rings. The van der Waals surface area contributed by atoms with Gasteiger partial charge in [-0.3, -0.25) is 0 Å². The van der Waals surface area contributed by atoms with Crippen LogP contribution in [-0.4, -0.2) is 9.97 Å². The van der Waals surface area contributed by atoms with Crippen LogP contribution in [0.3, 0.4) is 0 Å². The zero-order valence-electron chi connectivity index (χ0n) is 32.7. The van der Waals surface area contributed by atoms with Crippen LogP contribution in [0.4, 0.5) is 0 Å². The second-order valence-corrected chi connectivity index (χ2v) is 19.2. The molecule has 4 bridgehead atoms. The molecule has 2 heterocycles. The maximum Gasteiger partial charge on any atom is 0.161 e. The molecule has 4 saturated carbocycles. The lowest BCUT2D eigenvalue weighted by Gasteiger charge is -2.61. The van der Waals surface area contributed by atoms with Crippen molar-refractivity contribution in [2.45, 2.75) is 37.5 Å². The van der Waals surface area contributed by atoms with Crippen LogP contribution in [-0.2, 0) is 5.41 Å². The highest BCUT2D eigenvalue weighted by Gasteiger charge is 2.62. The van der Waals surface area contributed by atoms with E-state index in [1.807, 2.05) is 11.3 Å². The second kappa shape index (κ2) is 12.0. The molecule has 3 heteroatoms. The summed E-state index contributed by atoms with van der Waals surface area (Å²) >= 11 is 1.91. The van der Waals surface area contributed by atoms with Crippen molar-refractivity contribution in [3.63, 3.8) is 0 Å². The highest BCUT2D eigenvalue weighted by atomic mass is 32.1. The Morgan fingerprint density at radius 1 is 0.441 bits per heavy atom. The first kappa shape index (κ1) is 32.8. The van der Waals surface area contributed by atoms with Crippen molar-refractivity contribution in [2.24, 2.45) is 23.7 Å². The van der Waals surface area contributed by atoms with E-state index in [0.717, 1.165) is 45.4 Å². The van der Waals surface area contributed by atoms with Crippen LogP contribution in [0.15, 0.2) is 158 Å². The third-order valence-electron chi connectivity index (χ3n) is 15.3. The van der Waals surface area contributed by atoms with Crippen molar-refractivity contribution in [1.29, 1.82) is 0 Å². The highest BCUT2D eigenvalue weighted by molar-refractivity contribution is 7.25. The molecule has 5 aliphatic rings. The summed E-state index contributed by atoms with van der Waals surface area (Å²) in [5, 5.41) is 8.61. The molecule has 2 aromatic heterocycles. The quantitative estimate of drug-likeness (QED) is 0.167. The molecule has 1 spiro atoms. The van der Waals surface area contributed by atoms with E-state index in [-0.39, 0.29) is 5.41 Å². The molecule has 2 nitrogen and oxygen atoms in total. The Hall–Kier alpha value is -6.16. The molecule has 59 heavy (non-hydrogen) atoms. The molecule has 5 aliphatic carbocycles. The van der Waals surface area contributed by atoms with E-state index in [1.54, 1.807) is 5.56 Å². The number of nitrogens with zero attached hydrogens (tertiary/aromatic N) is 2. The number of hydrogen-bond acceptors (Lipinski definition) is 3. The van der Waals surface area contributed by atoms with Crippen LogP contribution in [0.25, 0.3) is 97.5 Å². The number of aromatic nitrogens is 2. The Balaban J connectivity index is 1.03. The van der Waals surface area contributed by atoms with Crippen molar-refractivity contribution in [1.82, 2.24) is 9.97 Å². The van der Waals surface area contributed by atoms with Gasteiger partial charge in [0.2, 0.25) is 0 Å². The van der Waals surface area contributed by atoms with Gasteiger partial charge in [0, 0.05) is 47.5 Å². The van der Waals surface area contributed by atoms with Gasteiger partial charge in [0.15, 0.2) is 5.82 Å². The van der Waals surface area contributed by atoms with Gasteiger partial charge in [-0.1, -0.05) is 133 Å². The molecule has 4 fully saturated rings. The molecular weight excluding hydrogens is 733 g/mol. The van der Waals surface area contributed by atoms with Crippen LogP contribution in [0.5, 0.6) is 0 Å². The lowest BCUT2D eigenvalue weighted by atomic mass is 9.43. The summed E-state index contributed by atoms with van der Waals surface area (Å²) in [6, 6.07) is 59.2. The Bertz CT molecular complexity index is 3390. The highest BCUT2D eigenvalue weighted by Crippen LogP contribution is 2.70. The van der Waals surface area contributed by atoms with Crippen LogP contribution in [0.2, 0.25) is 0 Å². The zero-order chi connectivity index (χ0) is 38.4. The number of rotatable bonds is 3. The fourth-order valence-electron chi connectivity index (χ4n) is 13.1. The summed E-state index contributed by atoms with van der Waals surface area (Å²) in [6.45, 7) is 0. The summed E-state index contributed by atoms with van der Waals surface area (Å²) in [7, 11) is 0. The predicted octanol–water partition coefficient (Wildman–Crippen LogP) is 15.0. The summed E-state index contributed by atoms with van der Waals surface area (Å²) < 4.78 is 2.72. The predicted molar refractivity (Wildman–Crippen MR) is 247 cm³/mol. The lowest BCUT2D eigenvalue weighted by molar-refractivity contribution is -0.0399. The topological polar surface area (TPSA) is 25.8 Å². The summed E-state index contributed by atoms with van der Waals surface area (Å²) in [4.78, 5) is 11.3. The minimum Gasteiger partial charge on any atom is -0.227 e. The Labute approximate surface area is 347 Å². The van der Waals surface area contributed by atoms with Crippen LogP contribution in [0, 0.1) is 23.7 Å². The molecule has 0 radical (unpaired) electrons. The number of fused-ring (bicyclic) bond motifs is 10. The maximum atomic E-state index is 5.68. The van der Waals surface area contributed by atoms with Gasteiger partial charge in [-0.05, 0) is 130 Å². The van der Waals surface area contributed by atoms with Gasteiger partial charge in [0.25, 0.3) is 0 Å². The maximum absolute atomic E-state index is 5.68. The third-order valence-corrected chi connectivity index (χ3v) is 16.4. The normalized spacial score (nSPS) is 22.6. The van der Waals surface area contributed by atoms with Crippen molar-refractivity contribution in [3.05, 3.63) is 169 Å². The van der Waals surface area contributed by atoms with Gasteiger partial charge in [-0.2, -0.15) is 0 Å². The fourth-order valence-corrected chi connectivity index (χ4v) is 14.3. The smallest absolute Gasteiger partial charge is 0.161 e. The molecule has 0 unspecified atom stereocenters. The van der Waals surface area contributed by atoms with Crippen molar-refractivity contribution in [2.75, 3.05) is 0 Å². The summed E-state index contributed by atoms with van der Waals surface area (Å²) in [6.07, 6.45) is 6.82. The zero-order valence-corrected chi connectivity index (χ0v) is 33.5. The molecule has 0 amide bonds. The number of hydrogen-bond donors (Lipinski definition) is 0. The van der Waals surface area contributed by atoms with Gasteiger partial charge in [0.1, 0.15) is 0 Å². The standard InChI is InChI=1S/C56H40N2S/c1-3-12-40-34(9-1)11-7-15-44(40)54-47-24-19-35-10-2-4-13-41(35)53(47)57-55(58-54)46-16-8-17-48-52(46)45-23-21-36(37-20-22-43-42-14-5-6-18-50(42)59-51(43)31-37)30-49(45)56(48)38-26-32-25-33(28-38)29-39(56)27-32/h1-24,30-33,38-39H,25-29H2.